The zero-order valence-electron chi connectivity index (χ0n) is 7.36. The number of hydrogen-bond acceptors (Lipinski definition) is 0. The molecule has 0 unspecified atom stereocenters. The van der Waals surface area contributed by atoms with Crippen LogP contribution in [-0.2, 0) is 0 Å². The molecule has 50 valence electrons. The van der Waals surface area contributed by atoms with Crippen molar-refractivity contribution in [3.63, 3.8) is 0 Å². The molecule has 0 atom stereocenters. The Morgan fingerprint density at radius 3 is 2.20 bits per heavy atom. The average molecular weight is 144 g/mol. The summed E-state index contributed by atoms with van der Waals surface area (Å²) in [5.74, 6) is 0. The zero-order valence-corrected chi connectivity index (χ0v) is 8.36. The second-order valence-electron chi connectivity index (χ2n) is 4.05. The van der Waals surface area contributed by atoms with Gasteiger partial charge in [0.1, 0.15) is 0 Å². The van der Waals surface area contributed by atoms with Crippen LogP contribution >= 0.6 is 0 Å². The van der Waals surface area contributed by atoms with Gasteiger partial charge in [0, 0.05) is 0 Å². The first kappa shape index (κ1) is 8.39. The summed E-state index contributed by atoms with van der Waals surface area (Å²) < 4.78 is 1.60. The molecule has 1 aliphatic carbocycles. The Hall–Kier alpha value is 0.294. The van der Waals surface area contributed by atoms with Crippen molar-refractivity contribution in [2.75, 3.05) is 0 Å². The molecule has 0 amide bonds. The van der Waals surface area contributed by atoms with Gasteiger partial charge in [-0.2, -0.15) is 0 Å². The second-order valence-corrected chi connectivity index (χ2v) is 9.09. The molecule has 0 aromatic heterocycles. The van der Waals surface area contributed by atoms with Crippen molar-refractivity contribution in [3.8, 4) is 0 Å². The van der Waals surface area contributed by atoms with Gasteiger partial charge in [0.05, 0.1) is 0 Å². The first-order valence-electron chi connectivity index (χ1n) is 3.88. The van der Waals surface area contributed by atoms with Gasteiger partial charge in [-0.15, -0.1) is 0 Å². The van der Waals surface area contributed by atoms with Crippen LogP contribution in [0.5, 0.6) is 0 Å². The summed E-state index contributed by atoms with van der Waals surface area (Å²) in [5, 5.41) is 1.66. The molecule has 0 saturated heterocycles. The molecule has 0 aromatic rings. The summed E-state index contributed by atoms with van der Waals surface area (Å²) in [6.07, 6.45) is 5.80. The van der Waals surface area contributed by atoms with E-state index in [1.165, 1.54) is 6.42 Å². The van der Waals surface area contributed by atoms with Crippen molar-refractivity contribution in [1.82, 2.24) is 0 Å². The van der Waals surface area contributed by atoms with Crippen LogP contribution in [0, 0.1) is 0 Å². The van der Waals surface area contributed by atoms with Crippen LogP contribution in [-0.4, -0.2) is 25.8 Å². The standard InChI is InChI=1S/C8H13Si.Li/c1-9(2,3)8-6-4-5-7-8;/h4,6H,5H2,1-3H3;. The Morgan fingerprint density at radius 1 is 1.40 bits per heavy atom. The van der Waals surface area contributed by atoms with Gasteiger partial charge in [-0.3, -0.25) is 0 Å². The molecule has 0 nitrogen and oxygen atoms in total. The van der Waals surface area contributed by atoms with Gasteiger partial charge in [0.2, 0.25) is 0 Å². The van der Waals surface area contributed by atoms with Crippen LogP contribution in [0.3, 0.4) is 0 Å². The Kier molecular flexibility index (Phi) is 2.29. The Labute approximate surface area is 73.6 Å². The summed E-state index contributed by atoms with van der Waals surface area (Å²) in [5.41, 5.74) is 0. The fourth-order valence-corrected chi connectivity index (χ4v) is 3.50. The molecule has 2 heteroatoms. The van der Waals surface area contributed by atoms with Crippen LogP contribution in [0.25, 0.3) is 0 Å². The molecule has 0 heterocycles. The van der Waals surface area contributed by atoms with E-state index in [1.54, 1.807) is 9.44 Å². The van der Waals surface area contributed by atoms with E-state index >= 15 is 0 Å². The third-order valence-electron chi connectivity index (χ3n) is 1.98. The fraction of sp³-hybridized carbons (Fsp3) is 0.500. The van der Waals surface area contributed by atoms with E-state index in [0.717, 1.165) is 0 Å². The van der Waals surface area contributed by atoms with Gasteiger partial charge in [-0.1, -0.05) is 0 Å². The Morgan fingerprint density at radius 2 is 2.00 bits per heavy atom. The van der Waals surface area contributed by atoms with Gasteiger partial charge in [0.15, 0.2) is 0 Å². The van der Waals surface area contributed by atoms with E-state index < -0.39 is 8.07 Å². The number of allylic oxidation sites excluding steroid dienone is 4. The second kappa shape index (κ2) is 2.73. The van der Waals surface area contributed by atoms with E-state index in [0.29, 0.717) is 0 Å². The topological polar surface area (TPSA) is 0 Å². The molecule has 10 heavy (non-hydrogen) atoms. The van der Waals surface area contributed by atoms with E-state index in [2.05, 4.69) is 49.5 Å². The average Bonchev–Trinajstić information content (AvgIpc) is 2.11. The summed E-state index contributed by atoms with van der Waals surface area (Å²) in [6, 6.07) is 0. The van der Waals surface area contributed by atoms with Crippen molar-refractivity contribution in [3.05, 3.63) is 21.6 Å². The summed E-state index contributed by atoms with van der Waals surface area (Å²) in [6.45, 7) is 7.21. The van der Waals surface area contributed by atoms with E-state index in [4.69, 9.17) is 0 Å². The minimum absolute atomic E-state index is 0.994. The van der Waals surface area contributed by atoms with Crippen LogP contribution in [0.2, 0.25) is 19.6 Å². The van der Waals surface area contributed by atoms with E-state index in [9.17, 15) is 0 Å². The molecule has 1 rings (SSSR count). The van der Waals surface area contributed by atoms with Crippen molar-refractivity contribution >= 4 is 25.8 Å². The predicted octanol–water partition coefficient (Wildman–Crippen LogP) is 2.25. The molecule has 0 N–H and O–H groups in total. The third-order valence-corrected chi connectivity index (χ3v) is 4.19. The summed E-state index contributed by atoms with van der Waals surface area (Å²) >= 11 is 2.26. The van der Waals surface area contributed by atoms with Gasteiger partial charge >= 0.3 is 73.4 Å². The monoisotopic (exact) mass is 144 g/mol. The van der Waals surface area contributed by atoms with Crippen molar-refractivity contribution in [2.45, 2.75) is 26.1 Å². The molecule has 0 saturated carbocycles. The molecule has 0 fully saturated rings. The molecule has 0 bridgehead atoms. The molecular formula is C8H13LiSi. The van der Waals surface area contributed by atoms with Crippen molar-refractivity contribution < 1.29 is 0 Å². The number of rotatable bonds is 1. The van der Waals surface area contributed by atoms with Crippen LogP contribution in [0.1, 0.15) is 6.42 Å². The molecule has 0 aromatic carbocycles. The van der Waals surface area contributed by atoms with Gasteiger partial charge in [-0.25, -0.2) is 0 Å². The molecule has 1 aliphatic rings. The maximum atomic E-state index is 2.40. The van der Waals surface area contributed by atoms with Gasteiger partial charge in [-0.05, 0) is 0 Å². The SMILES string of the molecule is [Li][C]1=C([Si](C)(C)C)C=CC1. The number of hydrogen-bond donors (Lipinski definition) is 0. The zero-order chi connectivity index (χ0) is 7.78. The summed E-state index contributed by atoms with van der Waals surface area (Å²) in [4.78, 5) is 0. The van der Waals surface area contributed by atoms with Crippen LogP contribution < -0.4 is 0 Å². The van der Waals surface area contributed by atoms with Gasteiger partial charge in [0.25, 0.3) is 0 Å². The van der Waals surface area contributed by atoms with Gasteiger partial charge < -0.3 is 0 Å². The Bertz CT molecular complexity index is 196. The first-order chi connectivity index (χ1) is 4.52. The maximum absolute atomic E-state index is 2.40. The molecule has 0 aliphatic heterocycles. The van der Waals surface area contributed by atoms with Crippen LogP contribution in [0.15, 0.2) is 21.6 Å². The summed E-state index contributed by atoms with van der Waals surface area (Å²) in [7, 11) is -0.994. The quantitative estimate of drug-likeness (QED) is 0.495. The van der Waals surface area contributed by atoms with Crippen LogP contribution in [0.4, 0.5) is 0 Å². The fourth-order valence-electron chi connectivity index (χ4n) is 1.50. The molecule has 0 spiro atoms. The minimum atomic E-state index is -0.994. The molecule has 0 radical (unpaired) electrons. The third kappa shape index (κ3) is 1.66. The van der Waals surface area contributed by atoms with Crippen molar-refractivity contribution in [1.29, 1.82) is 0 Å². The first-order valence-corrected chi connectivity index (χ1v) is 7.38. The predicted molar refractivity (Wildman–Crippen MR) is 49.9 cm³/mol. The molecular weight excluding hydrogens is 131 g/mol. The van der Waals surface area contributed by atoms with E-state index in [-0.39, 0.29) is 0 Å². The Balaban J connectivity index is 2.91. The van der Waals surface area contributed by atoms with Crippen molar-refractivity contribution in [2.24, 2.45) is 0 Å². The van der Waals surface area contributed by atoms with E-state index in [1.807, 2.05) is 0 Å². The normalized spacial score (nSPS) is 18.9.